The number of ether oxygens (including phenoxy) is 1. The number of likely N-dealkylation sites (N-methyl/N-ethyl adjacent to an activating group) is 1. The molecule has 0 aliphatic carbocycles. The summed E-state index contributed by atoms with van der Waals surface area (Å²) in [6, 6.07) is 3.79. The van der Waals surface area contributed by atoms with Crippen LogP contribution in [0.2, 0.25) is 0 Å². The SMILES string of the molecule is CCOC(=O)C1CCN(C(=O)CN(C)C(=O)Cc2csc(NC(=O)Cc3cccs3)n2)CC1. The van der Waals surface area contributed by atoms with Crippen LogP contribution in [0.4, 0.5) is 5.13 Å². The van der Waals surface area contributed by atoms with E-state index in [0.717, 1.165) is 4.88 Å². The van der Waals surface area contributed by atoms with Gasteiger partial charge in [0.2, 0.25) is 17.7 Å². The molecule has 1 aliphatic rings. The fourth-order valence-electron chi connectivity index (χ4n) is 3.49. The molecular weight excluding hydrogens is 464 g/mol. The molecule has 0 atom stereocenters. The number of nitrogens with one attached hydrogen (secondary N) is 1. The van der Waals surface area contributed by atoms with Gasteiger partial charge >= 0.3 is 5.97 Å². The van der Waals surface area contributed by atoms with Crippen LogP contribution >= 0.6 is 22.7 Å². The lowest BCUT2D eigenvalue weighted by Gasteiger charge is -2.32. The summed E-state index contributed by atoms with van der Waals surface area (Å²) in [4.78, 5) is 57.4. The van der Waals surface area contributed by atoms with Gasteiger partial charge in [0.05, 0.1) is 37.6 Å². The average Bonchev–Trinajstić information content (AvgIpc) is 3.46. The second kappa shape index (κ2) is 11.9. The first-order chi connectivity index (χ1) is 15.9. The normalized spacial score (nSPS) is 14.1. The molecule has 0 aromatic carbocycles. The molecule has 1 saturated heterocycles. The predicted molar refractivity (Wildman–Crippen MR) is 126 cm³/mol. The standard InChI is InChI=1S/C22H28N4O5S2/c1-3-31-21(30)15-6-8-26(9-7-15)20(29)13-25(2)19(28)11-16-14-33-22(23-16)24-18(27)12-17-5-4-10-32-17/h4-5,10,14-15H,3,6-9,11-13H2,1-2H3,(H,23,24,27). The van der Waals surface area contributed by atoms with Gasteiger partial charge in [-0.2, -0.15) is 0 Å². The van der Waals surface area contributed by atoms with E-state index in [0.29, 0.717) is 43.4 Å². The van der Waals surface area contributed by atoms with Gasteiger partial charge in [-0.05, 0) is 31.2 Å². The van der Waals surface area contributed by atoms with Gasteiger partial charge in [0.15, 0.2) is 5.13 Å². The lowest BCUT2D eigenvalue weighted by molar-refractivity contribution is -0.151. The van der Waals surface area contributed by atoms with E-state index in [1.54, 1.807) is 24.3 Å². The number of thiophene rings is 1. The molecule has 1 aliphatic heterocycles. The van der Waals surface area contributed by atoms with Gasteiger partial charge in [-0.25, -0.2) is 4.98 Å². The summed E-state index contributed by atoms with van der Waals surface area (Å²) in [7, 11) is 1.59. The molecule has 3 heterocycles. The van der Waals surface area contributed by atoms with Crippen LogP contribution in [0.3, 0.4) is 0 Å². The van der Waals surface area contributed by atoms with Crippen molar-refractivity contribution in [2.45, 2.75) is 32.6 Å². The molecule has 9 nitrogen and oxygen atoms in total. The van der Waals surface area contributed by atoms with E-state index in [4.69, 9.17) is 4.74 Å². The number of esters is 1. The predicted octanol–water partition coefficient (Wildman–Crippen LogP) is 2.19. The maximum Gasteiger partial charge on any atom is 0.309 e. The third kappa shape index (κ3) is 7.36. The van der Waals surface area contributed by atoms with Gasteiger partial charge in [0.25, 0.3) is 0 Å². The summed E-state index contributed by atoms with van der Waals surface area (Å²) >= 11 is 2.78. The summed E-state index contributed by atoms with van der Waals surface area (Å²) in [5.41, 5.74) is 0.547. The zero-order chi connectivity index (χ0) is 23.8. The van der Waals surface area contributed by atoms with Crippen LogP contribution in [0.25, 0.3) is 0 Å². The van der Waals surface area contributed by atoms with Crippen molar-refractivity contribution >= 4 is 51.5 Å². The van der Waals surface area contributed by atoms with Crippen molar-refractivity contribution in [2.75, 3.05) is 38.6 Å². The molecule has 2 aromatic heterocycles. The molecular formula is C22H28N4O5S2. The van der Waals surface area contributed by atoms with Crippen molar-refractivity contribution in [1.29, 1.82) is 0 Å². The van der Waals surface area contributed by atoms with Crippen molar-refractivity contribution in [3.63, 3.8) is 0 Å². The van der Waals surface area contributed by atoms with Crippen molar-refractivity contribution in [3.05, 3.63) is 33.5 Å². The monoisotopic (exact) mass is 492 g/mol. The second-order valence-electron chi connectivity index (χ2n) is 7.78. The van der Waals surface area contributed by atoms with E-state index in [1.807, 2.05) is 17.5 Å². The van der Waals surface area contributed by atoms with Gasteiger partial charge < -0.3 is 19.9 Å². The fraction of sp³-hybridized carbons (Fsp3) is 0.500. The number of carbonyl (C=O) groups is 4. The van der Waals surface area contributed by atoms with Gasteiger partial charge in [0.1, 0.15) is 0 Å². The molecule has 0 saturated carbocycles. The highest BCUT2D eigenvalue weighted by Crippen LogP contribution is 2.20. The van der Waals surface area contributed by atoms with Crippen molar-refractivity contribution < 1.29 is 23.9 Å². The topological polar surface area (TPSA) is 109 Å². The quantitative estimate of drug-likeness (QED) is 0.538. The first-order valence-electron chi connectivity index (χ1n) is 10.8. The molecule has 2 aromatic rings. The number of aromatic nitrogens is 1. The molecule has 0 radical (unpaired) electrons. The maximum atomic E-state index is 12.6. The highest BCUT2D eigenvalue weighted by molar-refractivity contribution is 7.14. The van der Waals surface area contributed by atoms with Crippen LogP contribution in [0, 0.1) is 5.92 Å². The summed E-state index contributed by atoms with van der Waals surface area (Å²) in [5, 5.41) is 6.85. The second-order valence-corrected chi connectivity index (χ2v) is 9.67. The smallest absolute Gasteiger partial charge is 0.309 e. The molecule has 33 heavy (non-hydrogen) atoms. The Bertz CT molecular complexity index is 967. The van der Waals surface area contributed by atoms with Crippen LogP contribution in [-0.4, -0.2) is 71.8 Å². The first-order valence-corrected chi connectivity index (χ1v) is 12.6. The zero-order valence-corrected chi connectivity index (χ0v) is 20.4. The Morgan fingerprint density at radius 2 is 1.97 bits per heavy atom. The number of likely N-dealkylation sites (tertiary alicyclic amines) is 1. The van der Waals surface area contributed by atoms with Gasteiger partial charge in [-0.15, -0.1) is 22.7 Å². The van der Waals surface area contributed by atoms with Crippen molar-refractivity contribution in [1.82, 2.24) is 14.8 Å². The van der Waals surface area contributed by atoms with Crippen LogP contribution in [0.15, 0.2) is 22.9 Å². The molecule has 11 heteroatoms. The molecule has 1 N–H and O–H groups in total. The molecule has 178 valence electrons. The number of hydrogen-bond donors (Lipinski definition) is 1. The molecule has 0 unspecified atom stereocenters. The number of nitrogens with zero attached hydrogens (tertiary/aromatic N) is 3. The molecule has 0 spiro atoms. The number of amides is 3. The molecule has 1 fully saturated rings. The number of hydrogen-bond acceptors (Lipinski definition) is 8. The van der Waals surface area contributed by atoms with E-state index in [9.17, 15) is 19.2 Å². The Labute approximate surface area is 200 Å². The van der Waals surface area contributed by atoms with E-state index >= 15 is 0 Å². The minimum Gasteiger partial charge on any atom is -0.466 e. The summed E-state index contributed by atoms with van der Waals surface area (Å²) in [5.74, 6) is -0.904. The molecule has 0 bridgehead atoms. The fourth-order valence-corrected chi connectivity index (χ4v) is 4.92. The number of rotatable bonds is 9. The average molecular weight is 493 g/mol. The Hall–Kier alpha value is -2.79. The van der Waals surface area contributed by atoms with Crippen molar-refractivity contribution in [2.24, 2.45) is 5.92 Å². The largest absolute Gasteiger partial charge is 0.466 e. The van der Waals surface area contributed by atoms with E-state index < -0.39 is 0 Å². The molecule has 3 rings (SSSR count). The lowest BCUT2D eigenvalue weighted by Crippen LogP contribution is -2.46. The summed E-state index contributed by atoms with van der Waals surface area (Å²) < 4.78 is 5.05. The van der Waals surface area contributed by atoms with Gasteiger partial charge in [-0.1, -0.05) is 6.07 Å². The van der Waals surface area contributed by atoms with Crippen LogP contribution < -0.4 is 5.32 Å². The van der Waals surface area contributed by atoms with E-state index in [-0.39, 0.29) is 49.0 Å². The minimum atomic E-state index is -0.230. The van der Waals surface area contributed by atoms with Crippen LogP contribution in [-0.2, 0) is 36.8 Å². The number of carbonyl (C=O) groups excluding carboxylic acids is 4. The van der Waals surface area contributed by atoms with Crippen LogP contribution in [0.5, 0.6) is 0 Å². The lowest BCUT2D eigenvalue weighted by atomic mass is 9.97. The Kier molecular flexibility index (Phi) is 8.95. The van der Waals surface area contributed by atoms with Crippen molar-refractivity contribution in [3.8, 4) is 0 Å². The highest BCUT2D eigenvalue weighted by Gasteiger charge is 2.29. The van der Waals surface area contributed by atoms with E-state index in [2.05, 4.69) is 10.3 Å². The molecule has 3 amide bonds. The van der Waals surface area contributed by atoms with Crippen LogP contribution in [0.1, 0.15) is 30.3 Å². The van der Waals surface area contributed by atoms with Gasteiger partial charge in [0, 0.05) is 30.4 Å². The third-order valence-electron chi connectivity index (χ3n) is 5.31. The summed E-state index contributed by atoms with van der Waals surface area (Å²) in [6.07, 6.45) is 1.48. The number of thiazole rings is 1. The van der Waals surface area contributed by atoms with E-state index in [1.165, 1.54) is 27.6 Å². The Morgan fingerprint density at radius 1 is 1.21 bits per heavy atom. The summed E-state index contributed by atoms with van der Waals surface area (Å²) in [6.45, 7) is 3.05. The highest BCUT2D eigenvalue weighted by atomic mass is 32.1. The minimum absolute atomic E-state index is 0.0303. The third-order valence-corrected chi connectivity index (χ3v) is 6.99. The Morgan fingerprint density at radius 3 is 2.64 bits per heavy atom. The zero-order valence-electron chi connectivity index (χ0n) is 18.7. The Balaban J connectivity index is 1.42. The maximum absolute atomic E-state index is 12.6. The first kappa shape index (κ1) is 24.8. The number of piperidine rings is 1. The number of anilines is 1. The van der Waals surface area contributed by atoms with Gasteiger partial charge in [-0.3, -0.25) is 19.2 Å².